The van der Waals surface area contributed by atoms with Crippen molar-refractivity contribution in [1.82, 2.24) is 9.55 Å². The number of imidazole rings is 1. The van der Waals surface area contributed by atoms with E-state index < -0.39 is 0 Å². The minimum Gasteiger partial charge on any atom is -0.329 e. The fourth-order valence-corrected chi connectivity index (χ4v) is 1.37. The zero-order chi connectivity index (χ0) is 10.6. The molecule has 2 N–H and O–H groups in total. The Morgan fingerprint density at radius 1 is 1.71 bits per heavy atom. The highest BCUT2D eigenvalue weighted by atomic mass is 16.1. The second kappa shape index (κ2) is 4.91. The Morgan fingerprint density at radius 2 is 2.43 bits per heavy atom. The number of carbonyl (C=O) groups excluding carboxylic acids is 1. The van der Waals surface area contributed by atoms with Gasteiger partial charge in [0.1, 0.15) is 0 Å². The molecule has 0 aliphatic carbocycles. The Balaban J connectivity index is 2.73. The van der Waals surface area contributed by atoms with Crippen LogP contribution >= 0.6 is 0 Å². The number of nitrogens with zero attached hydrogens (tertiary/aromatic N) is 2. The van der Waals surface area contributed by atoms with E-state index in [4.69, 9.17) is 5.73 Å². The standard InChI is InChI=1S/C10H17N3O/c1-3-5-13-6-4-12-10(13)9(14)7-8(2)11/h4,6,8H,3,5,7,11H2,1-2H3. The van der Waals surface area contributed by atoms with Crippen molar-refractivity contribution in [2.45, 2.75) is 39.3 Å². The molecule has 0 saturated carbocycles. The van der Waals surface area contributed by atoms with Gasteiger partial charge in [-0.2, -0.15) is 0 Å². The van der Waals surface area contributed by atoms with Crippen LogP contribution in [0.3, 0.4) is 0 Å². The first-order valence-electron chi connectivity index (χ1n) is 4.95. The van der Waals surface area contributed by atoms with Crippen LogP contribution in [-0.4, -0.2) is 21.4 Å². The Morgan fingerprint density at radius 3 is 3.00 bits per heavy atom. The van der Waals surface area contributed by atoms with E-state index in [0.717, 1.165) is 13.0 Å². The van der Waals surface area contributed by atoms with Gasteiger partial charge in [-0.1, -0.05) is 6.92 Å². The quantitative estimate of drug-likeness (QED) is 0.718. The van der Waals surface area contributed by atoms with Gasteiger partial charge in [0.05, 0.1) is 0 Å². The summed E-state index contributed by atoms with van der Waals surface area (Å²) in [7, 11) is 0. The Labute approximate surface area is 84.1 Å². The number of hydrogen-bond acceptors (Lipinski definition) is 3. The summed E-state index contributed by atoms with van der Waals surface area (Å²) in [6.07, 6.45) is 4.84. The van der Waals surface area contributed by atoms with Crippen molar-refractivity contribution in [3.8, 4) is 0 Å². The Bertz CT molecular complexity index is 304. The van der Waals surface area contributed by atoms with Gasteiger partial charge < -0.3 is 10.3 Å². The topological polar surface area (TPSA) is 60.9 Å². The molecule has 0 aromatic carbocycles. The summed E-state index contributed by atoms with van der Waals surface area (Å²) in [6, 6.07) is -0.103. The minimum absolute atomic E-state index is 0.0263. The van der Waals surface area contributed by atoms with Gasteiger partial charge in [0, 0.05) is 31.4 Å². The first-order chi connectivity index (χ1) is 6.65. The number of aromatic nitrogens is 2. The molecule has 1 rings (SSSR count). The summed E-state index contributed by atoms with van der Waals surface area (Å²) in [5, 5.41) is 0. The molecule has 1 heterocycles. The van der Waals surface area contributed by atoms with Gasteiger partial charge in [0.25, 0.3) is 0 Å². The maximum absolute atomic E-state index is 11.6. The van der Waals surface area contributed by atoms with Crippen LogP contribution in [0, 0.1) is 0 Å². The third-order valence-electron chi connectivity index (χ3n) is 1.94. The van der Waals surface area contributed by atoms with Crippen LogP contribution in [0.15, 0.2) is 12.4 Å². The third-order valence-corrected chi connectivity index (χ3v) is 1.94. The van der Waals surface area contributed by atoms with Gasteiger partial charge in [-0.3, -0.25) is 4.79 Å². The number of Topliss-reactive ketones (excluding diaryl/α,β-unsaturated/α-hetero) is 1. The molecule has 1 aromatic heterocycles. The number of ketones is 1. The van der Waals surface area contributed by atoms with E-state index in [1.807, 2.05) is 17.7 Å². The van der Waals surface area contributed by atoms with Crippen LogP contribution < -0.4 is 5.73 Å². The summed E-state index contributed by atoms with van der Waals surface area (Å²) >= 11 is 0. The van der Waals surface area contributed by atoms with Crippen LogP contribution in [0.1, 0.15) is 37.3 Å². The average Bonchev–Trinajstić information content (AvgIpc) is 2.51. The molecule has 0 fully saturated rings. The Kier molecular flexibility index (Phi) is 3.83. The molecule has 0 amide bonds. The average molecular weight is 195 g/mol. The number of aryl methyl sites for hydroxylation is 1. The number of nitrogens with two attached hydrogens (primary N) is 1. The summed E-state index contributed by atoms with van der Waals surface area (Å²) in [4.78, 5) is 15.7. The fraction of sp³-hybridized carbons (Fsp3) is 0.600. The monoisotopic (exact) mass is 195 g/mol. The molecule has 0 saturated heterocycles. The predicted molar refractivity (Wildman–Crippen MR) is 55.1 cm³/mol. The van der Waals surface area contributed by atoms with Gasteiger partial charge in [0.2, 0.25) is 0 Å². The molecular weight excluding hydrogens is 178 g/mol. The zero-order valence-electron chi connectivity index (χ0n) is 8.73. The number of carbonyl (C=O) groups is 1. The molecular formula is C10H17N3O. The normalized spacial score (nSPS) is 12.8. The maximum Gasteiger partial charge on any atom is 0.199 e. The predicted octanol–water partition coefficient (Wildman–Crippen LogP) is 1.21. The molecule has 1 unspecified atom stereocenters. The third kappa shape index (κ3) is 2.67. The van der Waals surface area contributed by atoms with Crippen molar-refractivity contribution >= 4 is 5.78 Å². The molecule has 1 aromatic rings. The molecule has 0 radical (unpaired) electrons. The molecule has 1 atom stereocenters. The molecule has 0 spiro atoms. The fourth-order valence-electron chi connectivity index (χ4n) is 1.37. The Hall–Kier alpha value is -1.16. The lowest BCUT2D eigenvalue weighted by molar-refractivity contribution is 0.0962. The molecule has 0 bridgehead atoms. The van der Waals surface area contributed by atoms with Crippen LogP contribution in [-0.2, 0) is 6.54 Å². The molecule has 0 aliphatic rings. The van der Waals surface area contributed by atoms with E-state index >= 15 is 0 Å². The van der Waals surface area contributed by atoms with Crippen molar-refractivity contribution in [2.75, 3.05) is 0 Å². The van der Waals surface area contributed by atoms with Gasteiger partial charge in [-0.25, -0.2) is 4.98 Å². The lowest BCUT2D eigenvalue weighted by atomic mass is 10.1. The van der Waals surface area contributed by atoms with Crippen LogP contribution in [0.5, 0.6) is 0 Å². The van der Waals surface area contributed by atoms with Crippen LogP contribution in [0.2, 0.25) is 0 Å². The number of hydrogen-bond donors (Lipinski definition) is 1. The second-order valence-corrected chi connectivity index (χ2v) is 3.55. The lowest BCUT2D eigenvalue weighted by Gasteiger charge is -2.06. The van der Waals surface area contributed by atoms with E-state index in [2.05, 4.69) is 11.9 Å². The van der Waals surface area contributed by atoms with E-state index in [-0.39, 0.29) is 11.8 Å². The molecule has 4 nitrogen and oxygen atoms in total. The first-order valence-corrected chi connectivity index (χ1v) is 4.95. The lowest BCUT2D eigenvalue weighted by Crippen LogP contribution is -2.22. The van der Waals surface area contributed by atoms with Crippen molar-refractivity contribution in [3.05, 3.63) is 18.2 Å². The SMILES string of the molecule is CCCn1ccnc1C(=O)CC(C)N. The highest BCUT2D eigenvalue weighted by Crippen LogP contribution is 2.04. The smallest absolute Gasteiger partial charge is 0.199 e. The van der Waals surface area contributed by atoms with Gasteiger partial charge in [-0.15, -0.1) is 0 Å². The van der Waals surface area contributed by atoms with Crippen LogP contribution in [0.25, 0.3) is 0 Å². The molecule has 78 valence electrons. The second-order valence-electron chi connectivity index (χ2n) is 3.55. The van der Waals surface area contributed by atoms with Crippen molar-refractivity contribution in [2.24, 2.45) is 5.73 Å². The van der Waals surface area contributed by atoms with E-state index in [1.54, 1.807) is 6.20 Å². The van der Waals surface area contributed by atoms with Crippen molar-refractivity contribution < 1.29 is 4.79 Å². The van der Waals surface area contributed by atoms with Gasteiger partial charge >= 0.3 is 0 Å². The molecule has 0 aliphatic heterocycles. The maximum atomic E-state index is 11.6. The number of rotatable bonds is 5. The van der Waals surface area contributed by atoms with Crippen LogP contribution in [0.4, 0.5) is 0 Å². The first kappa shape index (κ1) is 10.9. The molecule has 14 heavy (non-hydrogen) atoms. The highest BCUT2D eigenvalue weighted by molar-refractivity contribution is 5.93. The van der Waals surface area contributed by atoms with E-state index in [0.29, 0.717) is 12.2 Å². The largest absolute Gasteiger partial charge is 0.329 e. The van der Waals surface area contributed by atoms with Gasteiger partial charge in [0.15, 0.2) is 11.6 Å². The minimum atomic E-state index is -0.103. The summed E-state index contributed by atoms with van der Waals surface area (Å²) in [5.41, 5.74) is 5.57. The highest BCUT2D eigenvalue weighted by Gasteiger charge is 2.13. The summed E-state index contributed by atoms with van der Waals surface area (Å²) in [6.45, 7) is 4.73. The van der Waals surface area contributed by atoms with E-state index in [1.165, 1.54) is 0 Å². The van der Waals surface area contributed by atoms with Crippen molar-refractivity contribution in [3.63, 3.8) is 0 Å². The summed E-state index contributed by atoms with van der Waals surface area (Å²) in [5.74, 6) is 0.558. The zero-order valence-corrected chi connectivity index (χ0v) is 8.73. The van der Waals surface area contributed by atoms with Crippen molar-refractivity contribution in [1.29, 1.82) is 0 Å². The molecule has 4 heteroatoms. The van der Waals surface area contributed by atoms with E-state index in [9.17, 15) is 4.79 Å². The summed E-state index contributed by atoms with van der Waals surface area (Å²) < 4.78 is 1.88. The van der Waals surface area contributed by atoms with Gasteiger partial charge in [-0.05, 0) is 13.3 Å².